The van der Waals surface area contributed by atoms with Crippen molar-refractivity contribution in [2.75, 3.05) is 0 Å². The summed E-state index contributed by atoms with van der Waals surface area (Å²) in [6.07, 6.45) is 2.00. The third-order valence-corrected chi connectivity index (χ3v) is 0.607. The van der Waals surface area contributed by atoms with Crippen LogP contribution < -0.4 is 0 Å². The Morgan fingerprint density at radius 1 is 0.923 bits per heavy atom. The zero-order chi connectivity index (χ0) is 8.95. The first-order valence-corrected chi connectivity index (χ1v) is 4.07. The van der Waals surface area contributed by atoms with E-state index in [0.29, 0.717) is 0 Å². The largest absolute Gasteiger partial charge is 2.00 e. The van der Waals surface area contributed by atoms with Crippen molar-refractivity contribution in [3.05, 3.63) is 42.8 Å². The van der Waals surface area contributed by atoms with Gasteiger partial charge in [-0.15, -0.1) is 0 Å². The molecule has 0 amide bonds. The summed E-state index contributed by atoms with van der Waals surface area (Å²) in [5, 5.41) is 0. The maximum atomic E-state index is 2.89. The molecule has 0 aliphatic carbocycles. The monoisotopic (exact) mass is 404 g/mol. The molecule has 0 N–H and O–H groups in total. The first kappa shape index (κ1) is 23.2. The zero-order valence-electron chi connectivity index (χ0n) is 8.46. The second kappa shape index (κ2) is 29.5. The van der Waals surface area contributed by atoms with Crippen molar-refractivity contribution in [2.45, 2.75) is 35.1 Å². The van der Waals surface area contributed by atoms with Gasteiger partial charge >= 0.3 is 31.1 Å². The quantitative estimate of drug-likeness (QED) is 0.563. The van der Waals surface area contributed by atoms with E-state index in [-0.39, 0.29) is 38.5 Å². The van der Waals surface area contributed by atoms with E-state index in [4.69, 9.17) is 0 Å². The zero-order valence-corrected chi connectivity index (χ0v) is 12.6. The molecular formula is C12H22U. The molecule has 0 bridgehead atoms. The molecule has 0 fully saturated rings. The molecule has 0 aromatic heterocycles. The second-order valence-corrected chi connectivity index (χ2v) is 1.65. The van der Waals surface area contributed by atoms with Crippen molar-refractivity contribution in [3.63, 3.8) is 0 Å². The van der Waals surface area contributed by atoms with Crippen LogP contribution in [0.25, 0.3) is 0 Å². The molecule has 0 saturated carbocycles. The van der Waals surface area contributed by atoms with Gasteiger partial charge in [-0.05, 0) is 0 Å². The van der Waals surface area contributed by atoms with E-state index in [1.807, 2.05) is 64.4 Å². The van der Waals surface area contributed by atoms with E-state index in [1.54, 1.807) is 0 Å². The Morgan fingerprint density at radius 2 is 1.23 bits per heavy atom. The molecule has 1 aromatic rings. The first-order chi connectivity index (χ1) is 5.41. The number of rotatable bonds is 0. The van der Waals surface area contributed by atoms with Gasteiger partial charge in [0.15, 0.2) is 0 Å². The Bertz CT molecular complexity index is 88.0. The predicted octanol–water partition coefficient (Wildman–Crippen LogP) is 4.38. The summed E-state index contributed by atoms with van der Waals surface area (Å²) in [5.74, 6) is 0. The summed E-state index contributed by atoms with van der Waals surface area (Å²) < 4.78 is 0. The van der Waals surface area contributed by atoms with Crippen LogP contribution in [0.5, 0.6) is 0 Å². The smallest absolute Gasteiger partial charge is 0.335 e. The molecule has 0 radical (unpaired) electrons. The van der Waals surface area contributed by atoms with Gasteiger partial charge < -0.3 is 6.42 Å². The molecule has 0 heterocycles. The van der Waals surface area contributed by atoms with E-state index < -0.39 is 0 Å². The third-order valence-electron chi connectivity index (χ3n) is 0.607. The second-order valence-electron chi connectivity index (χ2n) is 1.65. The van der Waals surface area contributed by atoms with Crippen LogP contribution >= 0.6 is 0 Å². The van der Waals surface area contributed by atoms with E-state index in [0.717, 1.165) is 0 Å². The van der Waals surface area contributed by atoms with E-state index in [2.05, 4.69) is 6.07 Å². The van der Waals surface area contributed by atoms with Crippen molar-refractivity contribution in [3.8, 4) is 0 Å². The van der Waals surface area contributed by atoms with Gasteiger partial charge in [-0.2, -0.15) is 50.2 Å². The van der Waals surface area contributed by atoms with Crippen LogP contribution in [0.3, 0.4) is 0 Å². The summed E-state index contributed by atoms with van der Waals surface area (Å²) in [7, 11) is 0. The van der Waals surface area contributed by atoms with Crippen molar-refractivity contribution in [1.29, 1.82) is 0 Å². The Kier molecular flexibility index (Phi) is 52.7. The van der Waals surface area contributed by atoms with Crippen molar-refractivity contribution in [1.82, 2.24) is 0 Å². The molecule has 0 aliphatic heterocycles. The Balaban J connectivity index is -0.0000000517. The van der Waals surface area contributed by atoms with Crippen molar-refractivity contribution in [2.24, 2.45) is 0 Å². The van der Waals surface area contributed by atoms with Gasteiger partial charge in [0, 0.05) is 0 Å². The van der Waals surface area contributed by atoms with Crippen LogP contribution in [0.15, 0.2) is 30.3 Å². The SMILES string of the molecule is C.CC.C[CH-]C.[U+2].[c-]1ccccc1. The minimum atomic E-state index is 0. The van der Waals surface area contributed by atoms with Crippen molar-refractivity contribution >= 4 is 0 Å². The van der Waals surface area contributed by atoms with Crippen molar-refractivity contribution < 1.29 is 31.1 Å². The summed E-state index contributed by atoms with van der Waals surface area (Å²) in [6.45, 7) is 8.00. The van der Waals surface area contributed by atoms with Gasteiger partial charge in [-0.1, -0.05) is 21.3 Å². The fourth-order valence-corrected chi connectivity index (χ4v) is 0.342. The topological polar surface area (TPSA) is 0 Å². The maximum absolute atomic E-state index is 2.89. The molecule has 1 aromatic carbocycles. The fourth-order valence-electron chi connectivity index (χ4n) is 0.342. The summed E-state index contributed by atoms with van der Waals surface area (Å²) >= 11 is 0. The molecule has 13 heavy (non-hydrogen) atoms. The van der Waals surface area contributed by atoms with E-state index in [1.165, 1.54) is 0 Å². The average Bonchev–Trinajstić information content (AvgIpc) is 2.12. The molecule has 1 rings (SSSR count). The average molecular weight is 404 g/mol. The van der Waals surface area contributed by atoms with Crippen LogP contribution in [0.2, 0.25) is 0 Å². The molecule has 74 valence electrons. The van der Waals surface area contributed by atoms with E-state index >= 15 is 0 Å². The van der Waals surface area contributed by atoms with Crippen LogP contribution in [-0.4, -0.2) is 0 Å². The van der Waals surface area contributed by atoms with Crippen LogP contribution in [-0.2, 0) is 0 Å². The molecule has 0 spiro atoms. The molecule has 0 nitrogen and oxygen atoms in total. The first-order valence-electron chi connectivity index (χ1n) is 4.07. The van der Waals surface area contributed by atoms with E-state index in [9.17, 15) is 0 Å². The molecular weight excluding hydrogens is 382 g/mol. The molecule has 0 aliphatic rings. The van der Waals surface area contributed by atoms with Crippen LogP contribution in [0.1, 0.15) is 35.1 Å². The minimum absolute atomic E-state index is 0. The molecule has 1 heteroatoms. The standard InChI is InChI=1S/C6H5.C3H7.C2H6.CH4.U/c1-2-4-6-5-3-1;1-3-2;1-2;;/h1-5H;3H,1-2H3;1-2H3;1H4;/q2*-1;;;+2. The van der Waals surface area contributed by atoms with Gasteiger partial charge in [0.25, 0.3) is 0 Å². The molecule has 0 atom stereocenters. The summed E-state index contributed by atoms with van der Waals surface area (Å²) in [6, 6.07) is 12.5. The van der Waals surface area contributed by atoms with Gasteiger partial charge in [0.2, 0.25) is 0 Å². The maximum Gasteiger partial charge on any atom is 2.00 e. The Labute approximate surface area is 109 Å². The molecule has 0 unspecified atom stereocenters. The minimum Gasteiger partial charge on any atom is -0.335 e. The number of benzene rings is 1. The van der Waals surface area contributed by atoms with Crippen LogP contribution in [0.4, 0.5) is 0 Å². The normalized spacial score (nSPS) is 5.54. The summed E-state index contributed by atoms with van der Waals surface area (Å²) in [5.41, 5.74) is 0. The van der Waals surface area contributed by atoms with Crippen LogP contribution in [0, 0.1) is 43.6 Å². The number of hydrogen-bond donors (Lipinski definition) is 0. The predicted molar refractivity (Wildman–Crippen MR) is 59.0 cm³/mol. The fraction of sp³-hybridized carbons (Fsp3) is 0.417. The third kappa shape index (κ3) is 32.9. The Hall–Kier alpha value is 0.272. The van der Waals surface area contributed by atoms with Gasteiger partial charge in [-0.25, -0.2) is 0 Å². The van der Waals surface area contributed by atoms with Gasteiger partial charge in [-0.3, -0.25) is 0 Å². The van der Waals surface area contributed by atoms with Gasteiger partial charge in [0.05, 0.1) is 0 Å². The number of hydrogen-bond acceptors (Lipinski definition) is 0. The molecule has 0 saturated heterocycles. The summed E-state index contributed by atoms with van der Waals surface area (Å²) in [4.78, 5) is 0. The Morgan fingerprint density at radius 3 is 1.31 bits per heavy atom. The van der Waals surface area contributed by atoms with Gasteiger partial charge in [0.1, 0.15) is 0 Å².